The van der Waals surface area contributed by atoms with Crippen molar-refractivity contribution in [2.45, 2.75) is 25.6 Å². The predicted octanol–water partition coefficient (Wildman–Crippen LogP) is 2.86. The molecule has 0 aliphatic carbocycles. The van der Waals surface area contributed by atoms with Crippen LogP contribution in [0.5, 0.6) is 0 Å². The van der Waals surface area contributed by atoms with Crippen molar-refractivity contribution in [3.05, 3.63) is 52.2 Å². The minimum absolute atomic E-state index is 0.0901. The molecular weight excluding hydrogens is 323 g/mol. The average Bonchev–Trinajstić information content (AvgIpc) is 2.99. The van der Waals surface area contributed by atoms with Crippen molar-refractivity contribution in [1.29, 1.82) is 0 Å². The van der Waals surface area contributed by atoms with Crippen LogP contribution in [0.2, 0.25) is 0 Å². The van der Waals surface area contributed by atoms with Gasteiger partial charge in [0.25, 0.3) is 5.56 Å². The number of hydrogen-bond donors (Lipinski definition) is 3. The van der Waals surface area contributed by atoms with Crippen LogP contribution < -0.4 is 5.56 Å². The third-order valence-corrected chi connectivity index (χ3v) is 3.74. The maximum atomic E-state index is 13.0. The molecule has 0 amide bonds. The largest absolute Gasteiger partial charge is 0.433 e. The van der Waals surface area contributed by atoms with Gasteiger partial charge in [-0.05, 0) is 35.6 Å². The van der Waals surface area contributed by atoms with E-state index in [9.17, 15) is 23.1 Å². The highest BCUT2D eigenvalue weighted by Crippen LogP contribution is 2.36. The number of halogens is 3. The molecule has 5 nitrogen and oxygen atoms in total. The SMILES string of the molecule is CC(O)Cc1c[nH]c(=O)c2ccc(-c3cn[nH]c3C(F)(F)F)cc12. The monoisotopic (exact) mass is 337 g/mol. The maximum absolute atomic E-state index is 13.0. The van der Waals surface area contributed by atoms with Crippen LogP contribution in [-0.4, -0.2) is 26.4 Å². The van der Waals surface area contributed by atoms with Gasteiger partial charge in [-0.2, -0.15) is 18.3 Å². The number of H-pyrrole nitrogens is 2. The molecule has 3 aromatic rings. The van der Waals surface area contributed by atoms with Gasteiger partial charge in [0.2, 0.25) is 0 Å². The van der Waals surface area contributed by atoms with Gasteiger partial charge >= 0.3 is 6.18 Å². The van der Waals surface area contributed by atoms with Gasteiger partial charge in [-0.15, -0.1) is 0 Å². The normalized spacial score (nSPS) is 13.4. The molecule has 8 heteroatoms. The number of benzene rings is 1. The topological polar surface area (TPSA) is 81.8 Å². The molecule has 2 aromatic heterocycles. The number of aromatic nitrogens is 3. The third kappa shape index (κ3) is 2.92. The number of aliphatic hydroxyl groups is 1. The molecule has 1 atom stereocenters. The molecule has 0 saturated carbocycles. The van der Waals surface area contributed by atoms with E-state index in [1.165, 1.54) is 24.4 Å². The Labute approximate surface area is 134 Å². The Bertz CT molecular complexity index is 942. The van der Waals surface area contributed by atoms with Crippen molar-refractivity contribution < 1.29 is 18.3 Å². The molecule has 0 radical (unpaired) electrons. The van der Waals surface area contributed by atoms with Gasteiger partial charge in [0.15, 0.2) is 0 Å². The zero-order chi connectivity index (χ0) is 17.5. The fourth-order valence-electron chi connectivity index (χ4n) is 2.69. The molecule has 126 valence electrons. The first-order valence-electron chi connectivity index (χ1n) is 7.20. The van der Waals surface area contributed by atoms with Crippen LogP contribution in [0.15, 0.2) is 35.4 Å². The predicted molar refractivity (Wildman–Crippen MR) is 82.5 cm³/mol. The lowest BCUT2D eigenvalue weighted by atomic mass is 9.98. The molecule has 3 N–H and O–H groups in total. The number of fused-ring (bicyclic) bond motifs is 1. The Morgan fingerprint density at radius 3 is 2.71 bits per heavy atom. The Balaban J connectivity index is 2.22. The minimum Gasteiger partial charge on any atom is -0.393 e. The molecule has 24 heavy (non-hydrogen) atoms. The molecule has 0 aliphatic heterocycles. The lowest BCUT2D eigenvalue weighted by molar-refractivity contribution is -0.140. The molecule has 0 fully saturated rings. The van der Waals surface area contributed by atoms with E-state index in [0.717, 1.165) is 6.20 Å². The maximum Gasteiger partial charge on any atom is 0.433 e. The summed E-state index contributed by atoms with van der Waals surface area (Å²) in [6, 6.07) is 4.44. The van der Waals surface area contributed by atoms with Crippen LogP contribution in [0.25, 0.3) is 21.9 Å². The molecule has 2 heterocycles. The van der Waals surface area contributed by atoms with Gasteiger partial charge in [-0.1, -0.05) is 6.07 Å². The van der Waals surface area contributed by atoms with E-state index in [0.29, 0.717) is 21.9 Å². The second-order valence-electron chi connectivity index (χ2n) is 5.61. The van der Waals surface area contributed by atoms with Crippen LogP contribution in [0.3, 0.4) is 0 Å². The average molecular weight is 337 g/mol. The highest BCUT2D eigenvalue weighted by atomic mass is 19.4. The molecule has 0 bridgehead atoms. The minimum atomic E-state index is -4.56. The highest BCUT2D eigenvalue weighted by Gasteiger charge is 2.35. The van der Waals surface area contributed by atoms with Crippen molar-refractivity contribution in [2.24, 2.45) is 0 Å². The number of hydrogen-bond acceptors (Lipinski definition) is 3. The number of aliphatic hydroxyl groups excluding tert-OH is 1. The summed E-state index contributed by atoms with van der Waals surface area (Å²) in [5.74, 6) is 0. The van der Waals surface area contributed by atoms with Crippen molar-refractivity contribution in [3.8, 4) is 11.1 Å². The second kappa shape index (κ2) is 5.79. The summed E-state index contributed by atoms with van der Waals surface area (Å²) in [6.45, 7) is 1.60. The summed E-state index contributed by atoms with van der Waals surface area (Å²) in [4.78, 5) is 14.5. The van der Waals surface area contributed by atoms with E-state index in [2.05, 4.69) is 10.1 Å². The van der Waals surface area contributed by atoms with Gasteiger partial charge in [0.1, 0.15) is 5.69 Å². The molecule has 0 aliphatic rings. The number of rotatable bonds is 3. The standard InChI is InChI=1S/C16H14F3N3O2/c1-8(23)4-10-6-20-15(24)11-3-2-9(5-12(10)11)13-7-21-22-14(13)16(17,18)19/h2-3,5-8,23H,4H2,1H3,(H,20,24)(H,21,22). The summed E-state index contributed by atoms with van der Waals surface area (Å²) in [5.41, 5.74) is -0.426. The zero-order valence-corrected chi connectivity index (χ0v) is 12.6. The number of nitrogens with one attached hydrogen (secondary N) is 2. The van der Waals surface area contributed by atoms with E-state index < -0.39 is 18.0 Å². The van der Waals surface area contributed by atoms with E-state index in [4.69, 9.17) is 0 Å². The number of pyridine rings is 1. The molecular formula is C16H14F3N3O2. The lowest BCUT2D eigenvalue weighted by Gasteiger charge is -2.11. The fraction of sp³-hybridized carbons (Fsp3) is 0.250. The third-order valence-electron chi connectivity index (χ3n) is 3.74. The van der Waals surface area contributed by atoms with Crippen molar-refractivity contribution in [1.82, 2.24) is 15.2 Å². The van der Waals surface area contributed by atoms with Crippen LogP contribution in [0, 0.1) is 0 Å². The summed E-state index contributed by atoms with van der Waals surface area (Å²) < 4.78 is 39.1. The quantitative estimate of drug-likeness (QED) is 0.687. The van der Waals surface area contributed by atoms with Crippen LogP contribution in [0.4, 0.5) is 13.2 Å². The first-order chi connectivity index (χ1) is 11.3. The smallest absolute Gasteiger partial charge is 0.393 e. The zero-order valence-electron chi connectivity index (χ0n) is 12.6. The Hall–Kier alpha value is -2.61. The number of aromatic amines is 2. The van der Waals surface area contributed by atoms with Crippen molar-refractivity contribution >= 4 is 10.8 Å². The van der Waals surface area contributed by atoms with Crippen molar-refractivity contribution in [3.63, 3.8) is 0 Å². The molecule has 1 unspecified atom stereocenters. The Morgan fingerprint density at radius 2 is 2.04 bits per heavy atom. The molecule has 0 saturated heterocycles. The summed E-state index contributed by atoms with van der Waals surface area (Å²) in [7, 11) is 0. The van der Waals surface area contributed by atoms with Gasteiger partial charge in [0.05, 0.1) is 12.3 Å². The summed E-state index contributed by atoms with van der Waals surface area (Å²) >= 11 is 0. The van der Waals surface area contributed by atoms with Crippen LogP contribution in [0.1, 0.15) is 18.2 Å². The second-order valence-corrected chi connectivity index (χ2v) is 5.61. The van der Waals surface area contributed by atoms with Gasteiger partial charge < -0.3 is 10.1 Å². The molecule has 1 aromatic carbocycles. The lowest BCUT2D eigenvalue weighted by Crippen LogP contribution is -2.11. The van der Waals surface area contributed by atoms with Crippen LogP contribution >= 0.6 is 0 Å². The fourth-order valence-corrected chi connectivity index (χ4v) is 2.69. The van der Waals surface area contributed by atoms with E-state index in [1.807, 2.05) is 5.10 Å². The summed E-state index contributed by atoms with van der Waals surface area (Å²) in [6.07, 6.45) is -2.36. The van der Waals surface area contributed by atoms with E-state index in [-0.39, 0.29) is 17.5 Å². The number of alkyl halides is 3. The Kier molecular flexibility index (Phi) is 3.92. The first kappa shape index (κ1) is 16.3. The van der Waals surface area contributed by atoms with Gasteiger partial charge in [0, 0.05) is 23.6 Å². The Morgan fingerprint density at radius 1 is 1.29 bits per heavy atom. The first-order valence-corrected chi connectivity index (χ1v) is 7.20. The molecule has 0 spiro atoms. The van der Waals surface area contributed by atoms with E-state index >= 15 is 0 Å². The summed E-state index contributed by atoms with van der Waals surface area (Å²) in [5, 5.41) is 15.9. The van der Waals surface area contributed by atoms with Gasteiger partial charge in [-0.25, -0.2) is 0 Å². The highest BCUT2D eigenvalue weighted by molar-refractivity contribution is 5.89. The van der Waals surface area contributed by atoms with Crippen molar-refractivity contribution in [2.75, 3.05) is 0 Å². The number of nitrogens with zero attached hydrogens (tertiary/aromatic N) is 1. The van der Waals surface area contributed by atoms with Crippen LogP contribution in [-0.2, 0) is 12.6 Å². The van der Waals surface area contributed by atoms with E-state index in [1.54, 1.807) is 6.92 Å². The van der Waals surface area contributed by atoms with Gasteiger partial charge in [-0.3, -0.25) is 9.89 Å². The molecule has 3 rings (SSSR count).